The first-order valence-corrected chi connectivity index (χ1v) is 7.71. The van der Waals surface area contributed by atoms with Gasteiger partial charge in [0.1, 0.15) is 0 Å². The van der Waals surface area contributed by atoms with Gasteiger partial charge in [-0.15, -0.1) is 0 Å². The number of fused-ring (bicyclic) bond motifs is 3. The molecule has 0 aliphatic heterocycles. The fourth-order valence-electron chi connectivity index (χ4n) is 4.69. The number of rotatable bonds is 3. The van der Waals surface area contributed by atoms with Crippen molar-refractivity contribution in [2.24, 2.45) is 17.8 Å². The Morgan fingerprint density at radius 1 is 1.06 bits per heavy atom. The van der Waals surface area contributed by atoms with Gasteiger partial charge in [-0.2, -0.15) is 0 Å². The van der Waals surface area contributed by atoms with E-state index in [4.69, 9.17) is 0 Å². The molecular weight excluding hydrogens is 218 g/mol. The van der Waals surface area contributed by atoms with E-state index in [1.165, 1.54) is 45.1 Å². The lowest BCUT2D eigenvalue weighted by Crippen LogP contribution is -2.29. The molecule has 0 spiro atoms. The van der Waals surface area contributed by atoms with Crippen LogP contribution in [0.2, 0.25) is 0 Å². The van der Waals surface area contributed by atoms with E-state index in [1.807, 2.05) is 0 Å². The first kappa shape index (κ1) is 11.0. The highest BCUT2D eigenvalue weighted by Gasteiger charge is 2.39. The van der Waals surface area contributed by atoms with E-state index in [1.54, 1.807) is 11.1 Å². The van der Waals surface area contributed by atoms with Crippen LogP contribution in [0.4, 0.5) is 0 Å². The summed E-state index contributed by atoms with van der Waals surface area (Å²) < 4.78 is 0. The average molecular weight is 241 g/mol. The maximum atomic E-state index is 3.86. The fraction of sp³-hybridized carbons (Fsp3) is 0.647. The smallest absolute Gasteiger partial charge is 0.0326 e. The van der Waals surface area contributed by atoms with Crippen LogP contribution in [0.3, 0.4) is 0 Å². The third kappa shape index (κ3) is 1.80. The van der Waals surface area contributed by atoms with Crippen LogP contribution in [0, 0.1) is 17.8 Å². The molecular formula is C17H23N. The molecule has 0 aromatic heterocycles. The maximum absolute atomic E-state index is 3.86. The molecule has 1 aromatic carbocycles. The van der Waals surface area contributed by atoms with Crippen molar-refractivity contribution in [1.82, 2.24) is 5.32 Å². The van der Waals surface area contributed by atoms with E-state index in [-0.39, 0.29) is 0 Å². The fourth-order valence-corrected chi connectivity index (χ4v) is 4.69. The molecule has 3 aliphatic carbocycles. The molecule has 4 unspecified atom stereocenters. The summed E-state index contributed by atoms with van der Waals surface area (Å²) in [6.45, 7) is 1.26. The molecule has 1 heteroatoms. The predicted octanol–water partition coefficient (Wildman–Crippen LogP) is 3.70. The lowest BCUT2D eigenvalue weighted by Gasteiger charge is -2.24. The molecule has 0 saturated heterocycles. The molecule has 1 aromatic rings. The molecule has 4 atom stereocenters. The van der Waals surface area contributed by atoms with Crippen LogP contribution in [0.1, 0.15) is 49.3 Å². The monoisotopic (exact) mass is 241 g/mol. The minimum atomic E-state index is 0.639. The van der Waals surface area contributed by atoms with Crippen LogP contribution in [0.5, 0.6) is 0 Å². The summed E-state index contributed by atoms with van der Waals surface area (Å²) in [5.41, 5.74) is 3.14. The molecule has 2 saturated carbocycles. The van der Waals surface area contributed by atoms with E-state index in [9.17, 15) is 0 Å². The molecule has 2 bridgehead atoms. The van der Waals surface area contributed by atoms with Gasteiger partial charge < -0.3 is 5.32 Å². The minimum absolute atomic E-state index is 0.639. The van der Waals surface area contributed by atoms with E-state index in [0.29, 0.717) is 6.04 Å². The molecule has 3 aliphatic rings. The average Bonchev–Trinajstić information content (AvgIpc) is 3.11. The Hall–Kier alpha value is -0.820. The van der Waals surface area contributed by atoms with Gasteiger partial charge in [-0.05, 0) is 67.5 Å². The van der Waals surface area contributed by atoms with Crippen LogP contribution >= 0.6 is 0 Å². The van der Waals surface area contributed by atoms with Crippen LogP contribution in [0.15, 0.2) is 24.3 Å². The van der Waals surface area contributed by atoms with Gasteiger partial charge in [0.2, 0.25) is 0 Å². The molecule has 0 heterocycles. The number of hydrogen-bond acceptors (Lipinski definition) is 1. The Bertz CT molecular complexity index is 439. The Morgan fingerprint density at radius 2 is 2.00 bits per heavy atom. The minimum Gasteiger partial charge on any atom is -0.310 e. The predicted molar refractivity (Wildman–Crippen MR) is 74.4 cm³/mol. The Morgan fingerprint density at radius 3 is 2.83 bits per heavy atom. The molecule has 0 amide bonds. The van der Waals surface area contributed by atoms with Crippen molar-refractivity contribution in [3.05, 3.63) is 35.4 Å². The largest absolute Gasteiger partial charge is 0.310 e. The quantitative estimate of drug-likeness (QED) is 0.851. The topological polar surface area (TPSA) is 12.0 Å². The summed E-state index contributed by atoms with van der Waals surface area (Å²) in [5.74, 6) is 3.12. The number of aryl methyl sites for hydroxylation is 1. The van der Waals surface area contributed by atoms with E-state index in [0.717, 1.165) is 17.8 Å². The zero-order valence-corrected chi connectivity index (χ0v) is 11.1. The zero-order valence-electron chi connectivity index (χ0n) is 11.1. The molecule has 18 heavy (non-hydrogen) atoms. The standard InChI is InChI=1S/C17H23N/c1-2-4-16-13(3-1)7-8-17(16)18-11-15-10-12-5-6-14(15)9-12/h1-4,12,14-15,17-18H,5-11H2. The molecule has 96 valence electrons. The highest BCUT2D eigenvalue weighted by Crippen LogP contribution is 2.48. The van der Waals surface area contributed by atoms with Crippen molar-refractivity contribution < 1.29 is 0 Å². The van der Waals surface area contributed by atoms with E-state index >= 15 is 0 Å². The van der Waals surface area contributed by atoms with Gasteiger partial charge in [-0.1, -0.05) is 30.7 Å². The first-order valence-electron chi connectivity index (χ1n) is 7.71. The number of benzene rings is 1. The van der Waals surface area contributed by atoms with Gasteiger partial charge in [-0.25, -0.2) is 0 Å². The third-order valence-corrected chi connectivity index (χ3v) is 5.64. The summed E-state index contributed by atoms with van der Waals surface area (Å²) in [5, 5.41) is 3.86. The molecule has 0 radical (unpaired) electrons. The van der Waals surface area contributed by atoms with Crippen molar-refractivity contribution in [1.29, 1.82) is 0 Å². The SMILES string of the molecule is c1ccc2c(c1)CCC2NCC1CC2CCC1C2. The third-order valence-electron chi connectivity index (χ3n) is 5.64. The Balaban J connectivity index is 1.39. The van der Waals surface area contributed by atoms with E-state index < -0.39 is 0 Å². The van der Waals surface area contributed by atoms with Crippen molar-refractivity contribution in [2.45, 2.75) is 44.6 Å². The second kappa shape index (κ2) is 4.38. The first-order chi connectivity index (χ1) is 8.90. The summed E-state index contributed by atoms with van der Waals surface area (Å²) in [4.78, 5) is 0. The molecule has 4 rings (SSSR count). The van der Waals surface area contributed by atoms with Crippen LogP contribution in [0.25, 0.3) is 0 Å². The molecule has 1 N–H and O–H groups in total. The van der Waals surface area contributed by atoms with E-state index in [2.05, 4.69) is 29.6 Å². The maximum Gasteiger partial charge on any atom is 0.0326 e. The van der Waals surface area contributed by atoms with Crippen molar-refractivity contribution >= 4 is 0 Å². The lowest BCUT2D eigenvalue weighted by molar-refractivity contribution is 0.306. The lowest BCUT2D eigenvalue weighted by atomic mass is 9.88. The Labute approximate surface area is 110 Å². The van der Waals surface area contributed by atoms with Crippen molar-refractivity contribution in [3.63, 3.8) is 0 Å². The van der Waals surface area contributed by atoms with Crippen LogP contribution < -0.4 is 5.32 Å². The van der Waals surface area contributed by atoms with Crippen molar-refractivity contribution in [3.8, 4) is 0 Å². The summed E-state index contributed by atoms with van der Waals surface area (Å²) in [6, 6.07) is 9.63. The highest BCUT2D eigenvalue weighted by molar-refractivity contribution is 5.34. The second-order valence-electron chi connectivity index (χ2n) is 6.63. The van der Waals surface area contributed by atoms with Crippen LogP contribution in [-0.2, 0) is 6.42 Å². The highest BCUT2D eigenvalue weighted by atomic mass is 14.9. The number of nitrogens with one attached hydrogen (secondary N) is 1. The van der Waals surface area contributed by atoms with Gasteiger partial charge in [0.15, 0.2) is 0 Å². The molecule has 1 nitrogen and oxygen atoms in total. The number of hydrogen-bond donors (Lipinski definition) is 1. The van der Waals surface area contributed by atoms with Crippen LogP contribution in [-0.4, -0.2) is 6.54 Å². The summed E-state index contributed by atoms with van der Waals surface area (Å²) in [6.07, 6.45) is 8.65. The van der Waals surface area contributed by atoms with Crippen molar-refractivity contribution in [2.75, 3.05) is 6.54 Å². The zero-order chi connectivity index (χ0) is 11.9. The van der Waals surface area contributed by atoms with Gasteiger partial charge in [0, 0.05) is 6.04 Å². The normalized spacial score (nSPS) is 37.1. The Kier molecular flexibility index (Phi) is 2.69. The van der Waals surface area contributed by atoms with Gasteiger partial charge in [-0.3, -0.25) is 0 Å². The summed E-state index contributed by atoms with van der Waals surface area (Å²) >= 11 is 0. The molecule has 2 fully saturated rings. The van der Waals surface area contributed by atoms with Gasteiger partial charge in [0.05, 0.1) is 0 Å². The van der Waals surface area contributed by atoms with Gasteiger partial charge in [0.25, 0.3) is 0 Å². The second-order valence-corrected chi connectivity index (χ2v) is 6.63. The summed E-state index contributed by atoms with van der Waals surface area (Å²) in [7, 11) is 0. The van der Waals surface area contributed by atoms with Gasteiger partial charge >= 0.3 is 0 Å².